The molecule has 1 aliphatic heterocycles. The van der Waals surface area contributed by atoms with Crippen LogP contribution in [0.5, 0.6) is 0 Å². The monoisotopic (exact) mass is 371 g/mol. The van der Waals surface area contributed by atoms with E-state index < -0.39 is 5.60 Å². The number of carbonyl (C=O) groups excluding carboxylic acids is 2. The van der Waals surface area contributed by atoms with Crippen molar-refractivity contribution in [3.63, 3.8) is 0 Å². The minimum absolute atomic E-state index is 0.294. The second-order valence-electron chi connectivity index (χ2n) is 7.72. The van der Waals surface area contributed by atoms with Crippen molar-refractivity contribution in [2.24, 2.45) is 7.05 Å². The first-order chi connectivity index (χ1) is 12.6. The van der Waals surface area contributed by atoms with Gasteiger partial charge in [0, 0.05) is 31.8 Å². The number of aryl methyl sites for hydroxylation is 2. The van der Waals surface area contributed by atoms with Crippen LogP contribution in [0, 0.1) is 6.92 Å². The molecule has 0 atom stereocenters. The zero-order chi connectivity index (χ0) is 19.8. The van der Waals surface area contributed by atoms with Crippen LogP contribution in [0.2, 0.25) is 0 Å². The summed E-state index contributed by atoms with van der Waals surface area (Å²) in [7, 11) is 1.73. The average molecular weight is 371 g/mol. The molecule has 8 nitrogen and oxygen atoms in total. The van der Waals surface area contributed by atoms with Gasteiger partial charge in [-0.2, -0.15) is 5.10 Å². The Morgan fingerprint density at radius 3 is 2.63 bits per heavy atom. The van der Waals surface area contributed by atoms with Gasteiger partial charge >= 0.3 is 6.09 Å². The van der Waals surface area contributed by atoms with Gasteiger partial charge in [0.1, 0.15) is 17.1 Å². The zero-order valence-corrected chi connectivity index (χ0v) is 16.4. The summed E-state index contributed by atoms with van der Waals surface area (Å²) in [6, 6.07) is 3.63. The van der Waals surface area contributed by atoms with Crippen molar-refractivity contribution in [3.8, 4) is 0 Å². The number of ether oxygens (including phenoxy) is 1. The van der Waals surface area contributed by atoms with Crippen LogP contribution in [0.4, 0.5) is 10.6 Å². The highest BCUT2D eigenvalue weighted by Gasteiger charge is 2.31. The van der Waals surface area contributed by atoms with E-state index in [1.807, 2.05) is 33.8 Å². The van der Waals surface area contributed by atoms with Gasteiger partial charge in [0.25, 0.3) is 5.91 Å². The standard InChI is InChI=1S/C19H25N5O3/c1-12-6-7-15(20-10-12)21-17(25)16-13-11-24(18(26)27-19(2,3)4)9-8-14(13)22-23(16)5/h6-7,10H,8-9,11H2,1-5H3,(H,20,21,25). The van der Waals surface area contributed by atoms with Crippen LogP contribution in [-0.4, -0.2) is 43.8 Å². The van der Waals surface area contributed by atoms with Crippen LogP contribution in [0.25, 0.3) is 0 Å². The minimum Gasteiger partial charge on any atom is -0.444 e. The van der Waals surface area contributed by atoms with E-state index in [1.165, 1.54) is 0 Å². The molecule has 144 valence electrons. The smallest absolute Gasteiger partial charge is 0.410 e. The number of fused-ring (bicyclic) bond motifs is 1. The Bertz CT molecular complexity index is 865. The number of aromatic nitrogens is 3. The summed E-state index contributed by atoms with van der Waals surface area (Å²) in [6.07, 6.45) is 1.89. The number of pyridine rings is 1. The van der Waals surface area contributed by atoms with Crippen molar-refractivity contribution in [1.29, 1.82) is 0 Å². The summed E-state index contributed by atoms with van der Waals surface area (Å²) in [5, 5.41) is 7.25. The van der Waals surface area contributed by atoms with Gasteiger partial charge in [-0.05, 0) is 39.3 Å². The summed E-state index contributed by atoms with van der Waals surface area (Å²) in [6.45, 7) is 8.23. The maximum Gasteiger partial charge on any atom is 0.410 e. The molecule has 8 heteroatoms. The van der Waals surface area contributed by atoms with Crippen LogP contribution in [0.15, 0.2) is 18.3 Å². The van der Waals surface area contributed by atoms with Crippen LogP contribution >= 0.6 is 0 Å². The second kappa shape index (κ2) is 7.02. The van der Waals surface area contributed by atoms with Gasteiger partial charge in [0.15, 0.2) is 0 Å². The third kappa shape index (κ3) is 4.27. The Labute approximate surface area is 158 Å². The Kier molecular flexibility index (Phi) is 4.91. The molecule has 0 spiro atoms. The summed E-state index contributed by atoms with van der Waals surface area (Å²) in [5.74, 6) is 0.175. The highest BCUT2D eigenvalue weighted by atomic mass is 16.6. The number of anilines is 1. The quantitative estimate of drug-likeness (QED) is 0.877. The highest BCUT2D eigenvalue weighted by molar-refractivity contribution is 6.03. The van der Waals surface area contributed by atoms with Gasteiger partial charge in [-0.25, -0.2) is 9.78 Å². The fourth-order valence-corrected chi connectivity index (χ4v) is 2.98. The van der Waals surface area contributed by atoms with E-state index in [-0.39, 0.29) is 12.0 Å². The van der Waals surface area contributed by atoms with E-state index in [0.29, 0.717) is 31.0 Å². The van der Waals surface area contributed by atoms with E-state index in [0.717, 1.165) is 16.8 Å². The van der Waals surface area contributed by atoms with Gasteiger partial charge in [0.2, 0.25) is 0 Å². The Hall–Kier alpha value is -2.90. The molecule has 27 heavy (non-hydrogen) atoms. The van der Waals surface area contributed by atoms with E-state index >= 15 is 0 Å². The number of hydrogen-bond acceptors (Lipinski definition) is 5. The molecule has 0 fully saturated rings. The van der Waals surface area contributed by atoms with Crippen LogP contribution in [-0.2, 0) is 24.8 Å². The lowest BCUT2D eigenvalue weighted by Crippen LogP contribution is -2.40. The molecule has 0 radical (unpaired) electrons. The van der Waals surface area contributed by atoms with E-state index in [1.54, 1.807) is 28.9 Å². The summed E-state index contributed by atoms with van der Waals surface area (Å²) in [5.41, 5.74) is 2.46. The third-order valence-corrected chi connectivity index (χ3v) is 4.22. The normalized spacial score (nSPS) is 13.9. The number of nitrogens with one attached hydrogen (secondary N) is 1. The number of nitrogens with zero attached hydrogens (tertiary/aromatic N) is 4. The maximum atomic E-state index is 12.8. The number of amides is 2. The molecule has 3 heterocycles. The number of hydrogen-bond donors (Lipinski definition) is 1. The topological polar surface area (TPSA) is 89.4 Å². The highest BCUT2D eigenvalue weighted by Crippen LogP contribution is 2.24. The molecule has 0 saturated carbocycles. The Morgan fingerprint density at radius 2 is 2.00 bits per heavy atom. The third-order valence-electron chi connectivity index (χ3n) is 4.22. The first-order valence-electron chi connectivity index (χ1n) is 8.91. The number of rotatable bonds is 2. The molecule has 0 saturated heterocycles. The predicted molar refractivity (Wildman–Crippen MR) is 100 cm³/mol. The van der Waals surface area contributed by atoms with Crippen LogP contribution in [0.3, 0.4) is 0 Å². The van der Waals surface area contributed by atoms with Crippen molar-refractivity contribution < 1.29 is 14.3 Å². The fraction of sp³-hybridized carbons (Fsp3) is 0.474. The van der Waals surface area contributed by atoms with Crippen molar-refractivity contribution in [2.75, 3.05) is 11.9 Å². The molecule has 2 aromatic heterocycles. The van der Waals surface area contributed by atoms with Gasteiger partial charge < -0.3 is 15.0 Å². The maximum absolute atomic E-state index is 12.8. The van der Waals surface area contributed by atoms with E-state index in [4.69, 9.17) is 4.74 Å². The molecule has 0 bridgehead atoms. The first kappa shape index (κ1) is 18.9. The summed E-state index contributed by atoms with van der Waals surface area (Å²) < 4.78 is 7.02. The van der Waals surface area contributed by atoms with E-state index in [2.05, 4.69) is 15.4 Å². The molecule has 0 aliphatic carbocycles. The van der Waals surface area contributed by atoms with Crippen molar-refractivity contribution in [2.45, 2.75) is 46.3 Å². The number of carbonyl (C=O) groups is 2. The summed E-state index contributed by atoms with van der Waals surface area (Å²) >= 11 is 0. The zero-order valence-electron chi connectivity index (χ0n) is 16.4. The second-order valence-corrected chi connectivity index (χ2v) is 7.72. The van der Waals surface area contributed by atoms with E-state index in [9.17, 15) is 9.59 Å². The largest absolute Gasteiger partial charge is 0.444 e. The first-order valence-corrected chi connectivity index (χ1v) is 8.91. The lowest BCUT2D eigenvalue weighted by molar-refractivity contribution is 0.0222. The van der Waals surface area contributed by atoms with Crippen molar-refractivity contribution in [3.05, 3.63) is 40.8 Å². The Balaban J connectivity index is 1.81. The minimum atomic E-state index is -0.566. The molecule has 0 unspecified atom stereocenters. The SMILES string of the molecule is Cc1ccc(NC(=O)c2c3c(nn2C)CCN(C(=O)OC(C)(C)C)C3)nc1. The van der Waals surface area contributed by atoms with Crippen LogP contribution < -0.4 is 5.32 Å². The molecular formula is C19H25N5O3. The molecule has 3 rings (SSSR count). The van der Waals surface area contributed by atoms with Gasteiger partial charge in [-0.3, -0.25) is 9.48 Å². The summed E-state index contributed by atoms with van der Waals surface area (Å²) in [4.78, 5) is 31.0. The van der Waals surface area contributed by atoms with Gasteiger partial charge in [-0.15, -0.1) is 0 Å². The molecular weight excluding hydrogens is 346 g/mol. The lowest BCUT2D eigenvalue weighted by atomic mass is 10.1. The van der Waals surface area contributed by atoms with Crippen molar-refractivity contribution >= 4 is 17.8 Å². The van der Waals surface area contributed by atoms with Gasteiger partial charge in [-0.1, -0.05) is 6.07 Å². The van der Waals surface area contributed by atoms with Gasteiger partial charge in [0.05, 0.1) is 12.2 Å². The molecule has 1 N–H and O–H groups in total. The molecule has 2 aromatic rings. The molecule has 2 amide bonds. The molecule has 0 aromatic carbocycles. The fourth-order valence-electron chi connectivity index (χ4n) is 2.98. The predicted octanol–water partition coefficient (Wildman–Crippen LogP) is 2.67. The molecule has 1 aliphatic rings. The van der Waals surface area contributed by atoms with Crippen molar-refractivity contribution in [1.82, 2.24) is 19.7 Å². The lowest BCUT2D eigenvalue weighted by Gasteiger charge is -2.29. The Morgan fingerprint density at radius 1 is 1.26 bits per heavy atom. The van der Waals surface area contributed by atoms with Crippen LogP contribution in [0.1, 0.15) is 48.1 Å². The average Bonchev–Trinajstić information content (AvgIpc) is 2.90.